The first-order chi connectivity index (χ1) is 19.8. The normalized spacial score (nSPS) is 29.8. The van der Waals surface area contributed by atoms with E-state index in [-0.39, 0.29) is 62.3 Å². The summed E-state index contributed by atoms with van der Waals surface area (Å²) in [4.78, 5) is 14.6. The third kappa shape index (κ3) is 4.38. The van der Waals surface area contributed by atoms with Crippen LogP contribution in [-0.2, 0) is 19.4 Å². The number of aliphatic hydroxyl groups is 1. The Bertz CT molecular complexity index is 1450. The lowest BCUT2D eigenvalue weighted by Gasteiger charge is -2.56. The first-order valence-electron chi connectivity index (χ1n) is 13.6. The molecule has 2 saturated heterocycles. The van der Waals surface area contributed by atoms with Crippen molar-refractivity contribution in [3.05, 3.63) is 53.4 Å². The van der Waals surface area contributed by atoms with E-state index in [1.54, 1.807) is 0 Å². The van der Waals surface area contributed by atoms with Crippen LogP contribution in [0.25, 0.3) is 0 Å². The van der Waals surface area contributed by atoms with Crippen LogP contribution in [0, 0.1) is 11.2 Å². The van der Waals surface area contributed by atoms with E-state index in [0.29, 0.717) is 12.2 Å². The fourth-order valence-electron chi connectivity index (χ4n) is 7.42. The fourth-order valence-corrected chi connectivity index (χ4v) is 10.1. The van der Waals surface area contributed by atoms with Gasteiger partial charge in [-0.1, -0.05) is 24.6 Å². The zero-order chi connectivity index (χ0) is 31.9. The molecule has 1 amide bonds. The number of hydrogen-bond donors (Lipinski definition) is 1. The Morgan fingerprint density at radius 2 is 1.58 bits per heavy atom. The molecule has 5 rings (SSSR count). The third-order valence-corrected chi connectivity index (χ3v) is 12.6. The number of fused-ring (bicyclic) bond motifs is 3. The van der Waals surface area contributed by atoms with Crippen molar-refractivity contribution in [3.63, 3.8) is 0 Å². The largest absolute Gasteiger partial charge is 0.435 e. The molecule has 1 unspecified atom stereocenters. The van der Waals surface area contributed by atoms with Crippen LogP contribution in [0.5, 0.6) is 0 Å². The maximum Gasteiger partial charge on any atom is 0.435 e. The Hall–Kier alpha value is -2.52. The average Bonchev–Trinajstić information content (AvgIpc) is 3.33. The van der Waals surface area contributed by atoms with Gasteiger partial charge in [-0.15, -0.1) is 0 Å². The van der Waals surface area contributed by atoms with Crippen LogP contribution >= 0.6 is 0 Å². The monoisotopic (exact) mass is 643 g/mol. The van der Waals surface area contributed by atoms with E-state index in [2.05, 4.69) is 0 Å². The number of sulfone groups is 1. The van der Waals surface area contributed by atoms with Gasteiger partial charge in [0.25, 0.3) is 5.91 Å². The highest BCUT2D eigenvalue weighted by Gasteiger charge is 2.75. The molecule has 2 aliphatic heterocycles. The van der Waals surface area contributed by atoms with E-state index in [1.807, 2.05) is 0 Å². The summed E-state index contributed by atoms with van der Waals surface area (Å²) in [5.74, 6) is -1.51. The van der Waals surface area contributed by atoms with Gasteiger partial charge in [-0.05, 0) is 49.9 Å². The molecule has 3 fully saturated rings. The highest BCUT2D eigenvalue weighted by Crippen LogP contribution is 2.64. The molecule has 0 aromatic heterocycles. The van der Waals surface area contributed by atoms with Gasteiger partial charge in [0.1, 0.15) is 16.2 Å². The minimum atomic E-state index is -6.35. The lowest BCUT2D eigenvalue weighted by Crippen LogP contribution is -2.65. The summed E-state index contributed by atoms with van der Waals surface area (Å²) in [5.41, 5.74) is -11.1. The molecule has 15 heteroatoms. The molecule has 2 aliphatic carbocycles. The molecule has 0 spiro atoms. The van der Waals surface area contributed by atoms with Crippen LogP contribution in [-0.4, -0.2) is 78.5 Å². The van der Waals surface area contributed by atoms with Gasteiger partial charge in [0, 0.05) is 43.6 Å². The molecule has 1 N–H and O–H groups in total. The molecule has 1 aromatic carbocycles. The van der Waals surface area contributed by atoms with Crippen LogP contribution in [0.4, 0.5) is 35.1 Å². The second-order valence-corrected chi connectivity index (χ2v) is 14.0. The van der Waals surface area contributed by atoms with Gasteiger partial charge in [-0.3, -0.25) is 4.79 Å². The number of alkyl halides is 7. The van der Waals surface area contributed by atoms with Crippen molar-refractivity contribution in [2.75, 3.05) is 19.8 Å². The molecule has 1 aromatic rings. The van der Waals surface area contributed by atoms with Gasteiger partial charge in [0.05, 0.1) is 10.9 Å². The third-order valence-electron chi connectivity index (χ3n) is 9.79. The molecule has 0 radical (unpaired) electrons. The van der Waals surface area contributed by atoms with Crippen molar-refractivity contribution in [3.8, 4) is 0 Å². The quantitative estimate of drug-likeness (QED) is 0.353. The van der Waals surface area contributed by atoms with Gasteiger partial charge in [-0.2, -0.15) is 26.3 Å². The number of hydrogen-bond acceptors (Lipinski definition) is 5. The maximum absolute atomic E-state index is 15.1. The average molecular weight is 644 g/mol. The summed E-state index contributed by atoms with van der Waals surface area (Å²) in [6.07, 6.45) is -13.4. The summed E-state index contributed by atoms with van der Waals surface area (Å²) in [6, 6.07) is 2.63. The van der Waals surface area contributed by atoms with Crippen molar-refractivity contribution in [2.24, 2.45) is 5.41 Å². The Kier molecular flexibility index (Phi) is 7.41. The molecule has 2 heterocycles. The molecule has 0 bridgehead atoms. The number of nitrogens with zero attached hydrogens (tertiary/aromatic N) is 1. The molecule has 3 atom stereocenters. The van der Waals surface area contributed by atoms with Gasteiger partial charge in [0.15, 0.2) is 9.84 Å². The van der Waals surface area contributed by atoms with Crippen LogP contribution < -0.4 is 0 Å². The van der Waals surface area contributed by atoms with Crippen LogP contribution in [0.3, 0.4) is 0 Å². The number of halogens is 8. The van der Waals surface area contributed by atoms with Gasteiger partial charge in [-0.25, -0.2) is 17.2 Å². The van der Waals surface area contributed by atoms with E-state index in [9.17, 15) is 49.1 Å². The molecular formula is C28H29F8NO5S. The number of ether oxygens (including phenoxy) is 1. The van der Waals surface area contributed by atoms with Crippen LogP contribution in [0.2, 0.25) is 0 Å². The van der Waals surface area contributed by atoms with Crippen molar-refractivity contribution in [1.29, 1.82) is 0 Å². The summed E-state index contributed by atoms with van der Waals surface area (Å²) in [6.45, 7) is 1.32. The SMILES string of the molecule is CC12CC=C(C(F)(C(F)(F)F)C(F)(F)F)C=C1CC[C@H]1N(C(=O)C3(O)CCOCC3)CC[C@]12S(=O)(=O)c1ccc(F)cc1. The fraction of sp³-hybridized carbons (Fsp3) is 0.607. The highest BCUT2D eigenvalue weighted by molar-refractivity contribution is 7.93. The number of likely N-dealkylation sites (tertiary alicyclic amines) is 1. The summed E-state index contributed by atoms with van der Waals surface area (Å²) in [7, 11) is -4.61. The van der Waals surface area contributed by atoms with E-state index in [0.717, 1.165) is 24.3 Å². The Labute approximate surface area is 242 Å². The predicted molar refractivity (Wildman–Crippen MR) is 136 cm³/mol. The van der Waals surface area contributed by atoms with E-state index in [4.69, 9.17) is 4.74 Å². The number of allylic oxidation sites excluding steroid dienone is 4. The minimum absolute atomic E-state index is 0.0608. The van der Waals surface area contributed by atoms with Gasteiger partial charge >= 0.3 is 18.0 Å². The zero-order valence-corrected chi connectivity index (χ0v) is 23.7. The second-order valence-electron chi connectivity index (χ2n) is 11.8. The summed E-state index contributed by atoms with van der Waals surface area (Å²) >= 11 is 0. The van der Waals surface area contributed by atoms with Crippen molar-refractivity contribution in [1.82, 2.24) is 4.90 Å². The Morgan fingerprint density at radius 3 is 2.14 bits per heavy atom. The zero-order valence-electron chi connectivity index (χ0n) is 22.9. The molecule has 4 aliphatic rings. The molecular weight excluding hydrogens is 614 g/mol. The molecule has 1 saturated carbocycles. The minimum Gasteiger partial charge on any atom is -0.381 e. The molecule has 238 valence electrons. The van der Waals surface area contributed by atoms with Crippen molar-refractivity contribution < 1.29 is 58.2 Å². The second kappa shape index (κ2) is 9.99. The highest BCUT2D eigenvalue weighted by atomic mass is 32.2. The van der Waals surface area contributed by atoms with E-state index >= 15 is 4.39 Å². The van der Waals surface area contributed by atoms with Gasteiger partial charge in [0.2, 0.25) is 0 Å². The molecule has 43 heavy (non-hydrogen) atoms. The summed E-state index contributed by atoms with van der Waals surface area (Å²) in [5, 5.41) is 11.2. The number of carbonyl (C=O) groups is 1. The Morgan fingerprint density at radius 1 is 1.00 bits per heavy atom. The lowest BCUT2D eigenvalue weighted by molar-refractivity contribution is -0.325. The smallest absolute Gasteiger partial charge is 0.381 e. The number of rotatable bonds is 4. The van der Waals surface area contributed by atoms with Crippen LogP contribution in [0.1, 0.15) is 45.4 Å². The standard InChI is InChI=1S/C28H29F8NO5S/c1-23-9-8-18(26(30,27(31,32)33)28(34,35)36)16-17(23)2-7-21-25(23,43(40,41)20-5-3-19(29)4-6-20)10-13-37(21)22(38)24(39)11-14-42-15-12-24/h3-6,8,16,21,39H,2,7,9-15H2,1H3/t21-,23?,25+/m1/s1. The van der Waals surface area contributed by atoms with Gasteiger partial charge < -0.3 is 14.7 Å². The maximum atomic E-state index is 15.1. The van der Waals surface area contributed by atoms with E-state index < -0.39 is 73.4 Å². The predicted octanol–water partition coefficient (Wildman–Crippen LogP) is 5.37. The first kappa shape index (κ1) is 31.9. The number of amides is 1. The lowest BCUT2D eigenvalue weighted by atomic mass is 9.57. The topological polar surface area (TPSA) is 83.9 Å². The molecule has 6 nitrogen and oxygen atoms in total. The number of carbonyl (C=O) groups excluding carboxylic acids is 1. The van der Waals surface area contributed by atoms with E-state index in [1.165, 1.54) is 11.8 Å². The van der Waals surface area contributed by atoms with Crippen molar-refractivity contribution in [2.45, 2.75) is 84.8 Å². The first-order valence-corrected chi connectivity index (χ1v) is 15.1. The Balaban J connectivity index is 1.67. The summed E-state index contributed by atoms with van der Waals surface area (Å²) < 4.78 is 143. The number of benzene rings is 1. The van der Waals surface area contributed by atoms with Crippen LogP contribution in [0.15, 0.2) is 52.5 Å². The van der Waals surface area contributed by atoms with Crippen molar-refractivity contribution >= 4 is 15.7 Å².